The second-order valence-corrected chi connectivity index (χ2v) is 7.77. The highest BCUT2D eigenvalue weighted by Gasteiger charge is 2.29. The van der Waals surface area contributed by atoms with Crippen molar-refractivity contribution >= 4 is 21.8 Å². The minimum absolute atomic E-state index is 0.120. The van der Waals surface area contributed by atoms with Crippen molar-refractivity contribution in [1.82, 2.24) is 10.2 Å². The number of urea groups is 1. The second-order valence-electron chi connectivity index (χ2n) is 5.51. The molecular formula is C13H24N2O5S. The molecule has 0 aromatic rings. The zero-order valence-corrected chi connectivity index (χ0v) is 13.4. The van der Waals surface area contributed by atoms with Crippen LogP contribution >= 0.6 is 0 Å². The summed E-state index contributed by atoms with van der Waals surface area (Å²) >= 11 is 0. The topological polar surface area (TPSA) is 104 Å². The Bertz CT molecular complexity index is 477. The number of hydrogen-bond acceptors (Lipinski definition) is 4. The summed E-state index contributed by atoms with van der Waals surface area (Å²) in [5, 5.41) is 11.6. The van der Waals surface area contributed by atoms with E-state index < -0.39 is 27.9 Å². The molecule has 0 aromatic carbocycles. The zero-order valence-electron chi connectivity index (χ0n) is 12.5. The van der Waals surface area contributed by atoms with E-state index in [4.69, 9.17) is 5.11 Å². The van der Waals surface area contributed by atoms with Crippen molar-refractivity contribution in [2.24, 2.45) is 0 Å². The van der Waals surface area contributed by atoms with E-state index in [0.717, 1.165) is 31.9 Å². The number of carbonyl (C=O) groups excluding carboxylic acids is 1. The molecule has 2 N–H and O–H groups in total. The van der Waals surface area contributed by atoms with Crippen LogP contribution in [0, 0.1) is 0 Å². The Morgan fingerprint density at radius 3 is 2.57 bits per heavy atom. The maximum atomic E-state index is 12.2. The van der Waals surface area contributed by atoms with Crippen LogP contribution in [0.25, 0.3) is 0 Å². The molecule has 2 atom stereocenters. The number of nitrogens with one attached hydrogen (secondary N) is 1. The predicted octanol–water partition coefficient (Wildman–Crippen LogP) is 0.848. The average molecular weight is 320 g/mol. The lowest BCUT2D eigenvalue weighted by molar-refractivity contribution is -0.139. The SMILES string of the molecule is CCC1CCCCN1C(=O)NC(CCS(C)(=O)=O)C(=O)O. The van der Waals surface area contributed by atoms with Gasteiger partial charge in [-0.2, -0.15) is 0 Å². The molecule has 8 heteroatoms. The number of likely N-dealkylation sites (tertiary alicyclic amines) is 1. The fraction of sp³-hybridized carbons (Fsp3) is 0.846. The maximum absolute atomic E-state index is 12.2. The van der Waals surface area contributed by atoms with Gasteiger partial charge in [0, 0.05) is 18.8 Å². The van der Waals surface area contributed by atoms with Crippen molar-refractivity contribution in [2.45, 2.75) is 51.1 Å². The van der Waals surface area contributed by atoms with E-state index in [1.54, 1.807) is 4.90 Å². The van der Waals surface area contributed by atoms with Gasteiger partial charge < -0.3 is 15.3 Å². The number of nitrogens with zero attached hydrogens (tertiary/aromatic N) is 1. The van der Waals surface area contributed by atoms with Gasteiger partial charge >= 0.3 is 12.0 Å². The molecule has 122 valence electrons. The fourth-order valence-corrected chi connectivity index (χ4v) is 3.18. The standard InChI is InChI=1S/C13H24N2O5S/c1-3-10-6-4-5-8-15(10)13(18)14-11(12(16)17)7-9-21(2,19)20/h10-11H,3-9H2,1-2H3,(H,14,18)(H,16,17). The summed E-state index contributed by atoms with van der Waals surface area (Å²) < 4.78 is 22.3. The Morgan fingerprint density at radius 1 is 1.38 bits per heavy atom. The molecule has 0 radical (unpaired) electrons. The molecule has 0 aromatic heterocycles. The van der Waals surface area contributed by atoms with Crippen molar-refractivity contribution < 1.29 is 23.1 Å². The number of carboxylic acid groups (broad SMARTS) is 1. The molecule has 2 amide bonds. The third-order valence-corrected chi connectivity index (χ3v) is 4.71. The number of piperidine rings is 1. The second kappa shape index (κ2) is 7.63. The summed E-state index contributed by atoms with van der Waals surface area (Å²) in [5.41, 5.74) is 0. The van der Waals surface area contributed by atoms with Gasteiger partial charge in [-0.25, -0.2) is 18.0 Å². The van der Waals surface area contributed by atoms with Gasteiger partial charge in [0.15, 0.2) is 0 Å². The molecular weight excluding hydrogens is 296 g/mol. The first-order valence-electron chi connectivity index (χ1n) is 7.22. The molecule has 1 aliphatic heterocycles. The van der Waals surface area contributed by atoms with Crippen molar-refractivity contribution in [1.29, 1.82) is 0 Å². The largest absolute Gasteiger partial charge is 0.480 e. The van der Waals surface area contributed by atoms with Crippen LogP contribution in [-0.4, -0.2) is 61.1 Å². The van der Waals surface area contributed by atoms with Gasteiger partial charge in [-0.15, -0.1) is 0 Å². The highest BCUT2D eigenvalue weighted by molar-refractivity contribution is 7.90. The Morgan fingerprint density at radius 2 is 2.05 bits per heavy atom. The first-order chi connectivity index (χ1) is 9.74. The smallest absolute Gasteiger partial charge is 0.326 e. The molecule has 0 saturated carbocycles. The Balaban J connectivity index is 2.65. The molecule has 2 unspecified atom stereocenters. The molecule has 0 bridgehead atoms. The predicted molar refractivity (Wildman–Crippen MR) is 78.9 cm³/mol. The summed E-state index contributed by atoms with van der Waals surface area (Å²) in [7, 11) is -3.26. The Kier molecular flexibility index (Phi) is 6.44. The van der Waals surface area contributed by atoms with E-state index in [2.05, 4.69) is 5.32 Å². The minimum Gasteiger partial charge on any atom is -0.480 e. The van der Waals surface area contributed by atoms with Crippen molar-refractivity contribution in [3.63, 3.8) is 0 Å². The maximum Gasteiger partial charge on any atom is 0.326 e. The van der Waals surface area contributed by atoms with Gasteiger partial charge in [0.1, 0.15) is 15.9 Å². The van der Waals surface area contributed by atoms with Gasteiger partial charge in [-0.1, -0.05) is 6.92 Å². The normalized spacial score (nSPS) is 20.9. The van der Waals surface area contributed by atoms with Crippen LogP contribution in [0.5, 0.6) is 0 Å². The molecule has 0 aliphatic carbocycles. The Hall–Kier alpha value is -1.31. The van der Waals surface area contributed by atoms with Crippen LogP contribution in [0.15, 0.2) is 0 Å². The summed E-state index contributed by atoms with van der Waals surface area (Å²) in [4.78, 5) is 25.0. The highest BCUT2D eigenvalue weighted by atomic mass is 32.2. The average Bonchev–Trinajstić information content (AvgIpc) is 2.41. The fourth-order valence-electron chi connectivity index (χ4n) is 2.51. The number of amides is 2. The molecule has 1 fully saturated rings. The van der Waals surface area contributed by atoms with Crippen LogP contribution in [0.1, 0.15) is 39.0 Å². The quantitative estimate of drug-likeness (QED) is 0.755. The molecule has 0 spiro atoms. The van der Waals surface area contributed by atoms with Gasteiger partial charge in [-0.05, 0) is 32.1 Å². The van der Waals surface area contributed by atoms with Gasteiger partial charge in [-0.3, -0.25) is 0 Å². The van der Waals surface area contributed by atoms with Crippen LogP contribution in [0.2, 0.25) is 0 Å². The molecule has 1 heterocycles. The molecule has 1 rings (SSSR count). The van der Waals surface area contributed by atoms with E-state index in [-0.39, 0.29) is 18.2 Å². The number of carboxylic acids is 1. The highest BCUT2D eigenvalue weighted by Crippen LogP contribution is 2.19. The third-order valence-electron chi connectivity index (χ3n) is 3.73. The zero-order chi connectivity index (χ0) is 16.0. The number of carbonyl (C=O) groups is 2. The van der Waals surface area contributed by atoms with Crippen LogP contribution in [0.4, 0.5) is 4.79 Å². The number of sulfone groups is 1. The number of aliphatic carboxylic acids is 1. The lowest BCUT2D eigenvalue weighted by Crippen LogP contribution is -2.53. The summed E-state index contributed by atoms with van der Waals surface area (Å²) in [6.45, 7) is 2.61. The molecule has 1 aliphatic rings. The van der Waals surface area contributed by atoms with E-state index in [9.17, 15) is 18.0 Å². The lowest BCUT2D eigenvalue weighted by atomic mass is 10.0. The number of hydrogen-bond donors (Lipinski definition) is 2. The first kappa shape index (κ1) is 17.7. The van der Waals surface area contributed by atoms with Gasteiger partial charge in [0.2, 0.25) is 0 Å². The van der Waals surface area contributed by atoms with Crippen molar-refractivity contribution in [3.8, 4) is 0 Å². The summed E-state index contributed by atoms with van der Waals surface area (Å²) in [6.07, 6.45) is 4.65. The lowest BCUT2D eigenvalue weighted by Gasteiger charge is -2.35. The van der Waals surface area contributed by atoms with Crippen molar-refractivity contribution in [2.75, 3.05) is 18.6 Å². The van der Waals surface area contributed by atoms with E-state index in [1.165, 1.54) is 0 Å². The summed E-state index contributed by atoms with van der Waals surface area (Å²) in [6, 6.07) is -1.46. The van der Waals surface area contributed by atoms with Gasteiger partial charge in [0.05, 0.1) is 5.75 Å². The molecule has 21 heavy (non-hydrogen) atoms. The van der Waals surface area contributed by atoms with E-state index in [1.807, 2.05) is 6.92 Å². The molecule has 7 nitrogen and oxygen atoms in total. The monoisotopic (exact) mass is 320 g/mol. The van der Waals surface area contributed by atoms with Crippen LogP contribution < -0.4 is 5.32 Å². The van der Waals surface area contributed by atoms with Gasteiger partial charge in [0.25, 0.3) is 0 Å². The summed E-state index contributed by atoms with van der Waals surface area (Å²) in [5.74, 6) is -1.47. The Labute approximate surface area is 125 Å². The van der Waals surface area contributed by atoms with Crippen LogP contribution in [0.3, 0.4) is 0 Å². The van der Waals surface area contributed by atoms with E-state index in [0.29, 0.717) is 6.54 Å². The molecule has 1 saturated heterocycles. The van der Waals surface area contributed by atoms with E-state index >= 15 is 0 Å². The third kappa shape index (κ3) is 5.91. The van der Waals surface area contributed by atoms with Crippen molar-refractivity contribution in [3.05, 3.63) is 0 Å². The minimum atomic E-state index is -3.26. The first-order valence-corrected chi connectivity index (χ1v) is 9.28. The number of rotatable bonds is 6. The van der Waals surface area contributed by atoms with Crippen LogP contribution in [-0.2, 0) is 14.6 Å².